The molecule has 0 saturated carbocycles. The summed E-state index contributed by atoms with van der Waals surface area (Å²) in [5.41, 5.74) is 4.31. The molecule has 3 heteroatoms. The van der Waals surface area contributed by atoms with Gasteiger partial charge in [0.1, 0.15) is 5.82 Å². The molecule has 3 nitrogen and oxygen atoms in total. The number of hydrogen-bond acceptors (Lipinski definition) is 2. The summed E-state index contributed by atoms with van der Waals surface area (Å²) in [4.78, 5) is 12.7. The Morgan fingerprint density at radius 1 is 1.19 bits per heavy atom. The molecule has 0 spiro atoms. The van der Waals surface area contributed by atoms with Crippen molar-refractivity contribution >= 4 is 5.82 Å². The van der Waals surface area contributed by atoms with Gasteiger partial charge in [0.05, 0.1) is 6.04 Å². The van der Waals surface area contributed by atoms with Gasteiger partial charge < -0.3 is 9.88 Å². The van der Waals surface area contributed by atoms with Crippen LogP contribution in [0.25, 0.3) is 0 Å². The lowest BCUT2D eigenvalue weighted by Gasteiger charge is -2.18. The van der Waals surface area contributed by atoms with Crippen molar-refractivity contribution in [2.45, 2.75) is 46.2 Å². The number of pyridine rings is 1. The maximum atomic E-state index is 12.7. The van der Waals surface area contributed by atoms with Crippen molar-refractivity contribution in [2.75, 3.05) is 5.32 Å². The highest BCUT2D eigenvalue weighted by atomic mass is 16.1. The number of fused-ring (bicyclic) bond motifs is 1. The van der Waals surface area contributed by atoms with E-state index < -0.39 is 0 Å². The molecule has 0 amide bonds. The third kappa shape index (κ3) is 1.99. The first kappa shape index (κ1) is 13.9. The van der Waals surface area contributed by atoms with Gasteiger partial charge >= 0.3 is 0 Å². The van der Waals surface area contributed by atoms with Gasteiger partial charge in [-0.1, -0.05) is 37.3 Å². The summed E-state index contributed by atoms with van der Waals surface area (Å²) >= 11 is 0. The SMILES string of the molecule is CCn1c(C)c(C)c(=O)c2c1NC(c1ccccc1)C2C. The van der Waals surface area contributed by atoms with E-state index in [4.69, 9.17) is 0 Å². The summed E-state index contributed by atoms with van der Waals surface area (Å²) < 4.78 is 2.23. The Hall–Kier alpha value is -2.03. The van der Waals surface area contributed by atoms with Crippen molar-refractivity contribution in [3.05, 3.63) is 62.9 Å². The largest absolute Gasteiger partial charge is 0.364 e. The number of nitrogens with zero attached hydrogens (tertiary/aromatic N) is 1. The average molecular weight is 282 g/mol. The zero-order chi connectivity index (χ0) is 15.1. The van der Waals surface area contributed by atoms with Gasteiger partial charge in [0.25, 0.3) is 0 Å². The number of rotatable bonds is 2. The Morgan fingerprint density at radius 2 is 1.86 bits per heavy atom. The number of benzene rings is 1. The molecule has 1 aliphatic heterocycles. The van der Waals surface area contributed by atoms with E-state index in [1.807, 2.05) is 19.9 Å². The van der Waals surface area contributed by atoms with E-state index in [1.54, 1.807) is 0 Å². The van der Waals surface area contributed by atoms with E-state index in [2.05, 4.69) is 48.0 Å². The van der Waals surface area contributed by atoms with Crippen LogP contribution in [0.2, 0.25) is 0 Å². The second-order valence-electron chi connectivity index (χ2n) is 5.87. The fraction of sp³-hybridized carbons (Fsp3) is 0.389. The van der Waals surface area contributed by atoms with Crippen LogP contribution >= 0.6 is 0 Å². The fourth-order valence-electron chi connectivity index (χ4n) is 3.43. The molecule has 0 bridgehead atoms. The molecule has 1 aromatic heterocycles. The van der Waals surface area contributed by atoms with Crippen molar-refractivity contribution in [3.63, 3.8) is 0 Å². The third-order valence-corrected chi connectivity index (χ3v) is 4.78. The Balaban J connectivity index is 2.18. The molecule has 0 radical (unpaired) electrons. The van der Waals surface area contributed by atoms with Crippen molar-refractivity contribution in [3.8, 4) is 0 Å². The number of aromatic nitrogens is 1. The lowest BCUT2D eigenvalue weighted by molar-refractivity contribution is 0.673. The Morgan fingerprint density at radius 3 is 2.48 bits per heavy atom. The summed E-state index contributed by atoms with van der Waals surface area (Å²) in [6.07, 6.45) is 0. The lowest BCUT2D eigenvalue weighted by Crippen LogP contribution is -2.20. The van der Waals surface area contributed by atoms with E-state index in [9.17, 15) is 4.79 Å². The van der Waals surface area contributed by atoms with Crippen LogP contribution in [0.15, 0.2) is 35.1 Å². The van der Waals surface area contributed by atoms with Gasteiger partial charge in [-0.15, -0.1) is 0 Å². The van der Waals surface area contributed by atoms with Crippen LogP contribution in [-0.2, 0) is 6.54 Å². The zero-order valence-corrected chi connectivity index (χ0v) is 13.1. The van der Waals surface area contributed by atoms with Crippen LogP contribution in [0.5, 0.6) is 0 Å². The smallest absolute Gasteiger partial charge is 0.190 e. The minimum Gasteiger partial charge on any atom is -0.364 e. The molecule has 2 atom stereocenters. The average Bonchev–Trinajstić information content (AvgIpc) is 2.84. The van der Waals surface area contributed by atoms with Crippen LogP contribution in [0.1, 0.15) is 48.2 Å². The lowest BCUT2D eigenvalue weighted by atomic mass is 9.91. The summed E-state index contributed by atoms with van der Waals surface area (Å²) in [6, 6.07) is 10.6. The van der Waals surface area contributed by atoms with Crippen LogP contribution in [0.3, 0.4) is 0 Å². The molecule has 2 aromatic rings. The highest BCUT2D eigenvalue weighted by Crippen LogP contribution is 2.42. The van der Waals surface area contributed by atoms with Gasteiger partial charge in [0.2, 0.25) is 0 Å². The van der Waals surface area contributed by atoms with Crippen LogP contribution in [0, 0.1) is 13.8 Å². The first-order valence-corrected chi connectivity index (χ1v) is 7.61. The Labute approximate surface area is 125 Å². The van der Waals surface area contributed by atoms with Crippen LogP contribution in [-0.4, -0.2) is 4.57 Å². The topological polar surface area (TPSA) is 34.0 Å². The minimum atomic E-state index is 0.174. The first-order valence-electron chi connectivity index (χ1n) is 7.61. The second kappa shape index (κ2) is 5.06. The first-order chi connectivity index (χ1) is 10.1. The minimum absolute atomic E-state index is 0.174. The van der Waals surface area contributed by atoms with Crippen molar-refractivity contribution in [1.29, 1.82) is 0 Å². The highest BCUT2D eigenvalue weighted by Gasteiger charge is 2.34. The van der Waals surface area contributed by atoms with Crippen LogP contribution in [0.4, 0.5) is 5.82 Å². The predicted octanol–water partition coefficient (Wildman–Crippen LogP) is 3.76. The maximum Gasteiger partial charge on any atom is 0.190 e. The molecule has 110 valence electrons. The molecule has 1 N–H and O–H groups in total. The van der Waals surface area contributed by atoms with Gasteiger partial charge in [-0.3, -0.25) is 4.79 Å². The molecular weight excluding hydrogens is 260 g/mol. The molecule has 0 aliphatic carbocycles. The van der Waals surface area contributed by atoms with E-state index in [0.717, 1.165) is 29.2 Å². The molecule has 3 rings (SSSR count). The summed E-state index contributed by atoms with van der Waals surface area (Å²) in [7, 11) is 0. The summed E-state index contributed by atoms with van der Waals surface area (Å²) in [6.45, 7) is 9.11. The van der Waals surface area contributed by atoms with E-state index >= 15 is 0 Å². The monoisotopic (exact) mass is 282 g/mol. The molecule has 1 aliphatic rings. The fourth-order valence-corrected chi connectivity index (χ4v) is 3.43. The standard InChI is InChI=1S/C18H22N2O/c1-5-20-13(4)11(2)17(21)15-12(3)16(19-18(15)20)14-9-7-6-8-10-14/h6-10,12,16,19H,5H2,1-4H3. The number of anilines is 1. The van der Waals surface area contributed by atoms with Gasteiger partial charge in [0, 0.05) is 29.3 Å². The van der Waals surface area contributed by atoms with Crippen molar-refractivity contribution in [2.24, 2.45) is 0 Å². The van der Waals surface area contributed by atoms with Gasteiger partial charge in [0.15, 0.2) is 5.43 Å². The molecular formula is C18H22N2O. The molecule has 21 heavy (non-hydrogen) atoms. The number of nitrogens with one attached hydrogen (secondary N) is 1. The molecule has 0 saturated heterocycles. The quantitative estimate of drug-likeness (QED) is 0.910. The van der Waals surface area contributed by atoms with Gasteiger partial charge in [-0.05, 0) is 26.3 Å². The molecule has 0 fully saturated rings. The van der Waals surface area contributed by atoms with E-state index in [1.165, 1.54) is 5.56 Å². The molecule has 2 unspecified atom stereocenters. The molecule has 2 heterocycles. The zero-order valence-electron chi connectivity index (χ0n) is 13.1. The summed E-state index contributed by atoms with van der Waals surface area (Å²) in [5, 5.41) is 3.59. The second-order valence-corrected chi connectivity index (χ2v) is 5.87. The Bertz CT molecular complexity index is 731. The Kier molecular flexibility index (Phi) is 3.36. The third-order valence-electron chi connectivity index (χ3n) is 4.78. The highest BCUT2D eigenvalue weighted by molar-refractivity contribution is 5.58. The van der Waals surface area contributed by atoms with Crippen molar-refractivity contribution in [1.82, 2.24) is 4.57 Å². The van der Waals surface area contributed by atoms with E-state index in [-0.39, 0.29) is 17.4 Å². The summed E-state index contributed by atoms with van der Waals surface area (Å²) in [5.74, 6) is 1.19. The van der Waals surface area contributed by atoms with Gasteiger partial charge in [-0.2, -0.15) is 0 Å². The molecule has 1 aromatic carbocycles. The predicted molar refractivity (Wildman–Crippen MR) is 87.1 cm³/mol. The van der Waals surface area contributed by atoms with Crippen molar-refractivity contribution < 1.29 is 0 Å². The van der Waals surface area contributed by atoms with E-state index in [0.29, 0.717) is 0 Å². The number of hydrogen-bond donors (Lipinski definition) is 1. The van der Waals surface area contributed by atoms with Crippen LogP contribution < -0.4 is 10.7 Å². The maximum absolute atomic E-state index is 12.7. The van der Waals surface area contributed by atoms with Gasteiger partial charge in [-0.25, -0.2) is 0 Å². The normalized spacial score (nSPS) is 20.2.